The molecule has 1 saturated carbocycles. The maximum absolute atomic E-state index is 11.8. The first kappa shape index (κ1) is 11.4. The van der Waals surface area contributed by atoms with Crippen LogP contribution in [0.5, 0.6) is 0 Å². The maximum Gasteiger partial charge on any atom is 0.416 e. The van der Waals surface area contributed by atoms with Gasteiger partial charge in [-0.25, -0.2) is 9.69 Å². The van der Waals surface area contributed by atoms with Crippen LogP contribution >= 0.6 is 0 Å². The van der Waals surface area contributed by atoms with Gasteiger partial charge >= 0.3 is 6.09 Å². The molecule has 0 bridgehead atoms. The summed E-state index contributed by atoms with van der Waals surface area (Å²) in [5.74, 6) is 0.625. The van der Waals surface area contributed by atoms with Crippen molar-refractivity contribution >= 4 is 12.0 Å². The Morgan fingerprint density at radius 3 is 2.69 bits per heavy atom. The lowest BCUT2D eigenvalue weighted by molar-refractivity contribution is -0.129. The molecule has 0 unspecified atom stereocenters. The van der Waals surface area contributed by atoms with Gasteiger partial charge in [-0.15, -0.1) is 0 Å². The molecule has 0 aromatic rings. The zero-order valence-corrected chi connectivity index (χ0v) is 9.78. The normalized spacial score (nSPS) is 26.2. The van der Waals surface area contributed by atoms with E-state index >= 15 is 0 Å². The van der Waals surface area contributed by atoms with Crippen molar-refractivity contribution in [1.29, 1.82) is 0 Å². The van der Waals surface area contributed by atoms with E-state index in [-0.39, 0.29) is 11.9 Å². The number of hydrogen-bond acceptors (Lipinski definition) is 3. The van der Waals surface area contributed by atoms with Gasteiger partial charge in [-0.05, 0) is 19.3 Å². The zero-order chi connectivity index (χ0) is 11.5. The van der Waals surface area contributed by atoms with Gasteiger partial charge in [0.15, 0.2) is 0 Å². The van der Waals surface area contributed by atoms with E-state index in [1.807, 2.05) is 6.92 Å². The van der Waals surface area contributed by atoms with Crippen molar-refractivity contribution in [3.8, 4) is 0 Å². The number of carbonyl (C=O) groups excluding carboxylic acids is 2. The first-order valence-electron chi connectivity index (χ1n) is 6.17. The fourth-order valence-corrected chi connectivity index (χ4v) is 2.61. The van der Waals surface area contributed by atoms with Crippen LogP contribution in [0.4, 0.5) is 4.79 Å². The van der Waals surface area contributed by atoms with E-state index in [0.717, 1.165) is 6.42 Å². The second kappa shape index (κ2) is 4.85. The SMILES string of the molecule is C[C@@H]1COC(=O)N1C(=O)CCC1CCCC1. The Morgan fingerprint density at radius 2 is 2.12 bits per heavy atom. The van der Waals surface area contributed by atoms with Crippen molar-refractivity contribution in [3.05, 3.63) is 0 Å². The molecular formula is C12H19NO3. The van der Waals surface area contributed by atoms with Crippen LogP contribution in [-0.4, -0.2) is 29.5 Å². The molecular weight excluding hydrogens is 206 g/mol. The second-order valence-electron chi connectivity index (χ2n) is 4.88. The third-order valence-electron chi connectivity index (χ3n) is 3.60. The van der Waals surface area contributed by atoms with E-state index in [2.05, 4.69) is 0 Å². The first-order chi connectivity index (χ1) is 7.68. The molecule has 4 heteroatoms. The summed E-state index contributed by atoms with van der Waals surface area (Å²) in [6.07, 6.45) is 6.02. The Bertz CT molecular complexity index is 284. The molecule has 2 fully saturated rings. The van der Waals surface area contributed by atoms with Crippen LogP contribution in [0.25, 0.3) is 0 Å². The molecule has 1 atom stereocenters. The molecule has 1 saturated heterocycles. The van der Waals surface area contributed by atoms with Gasteiger partial charge in [-0.3, -0.25) is 4.79 Å². The lowest BCUT2D eigenvalue weighted by atomic mass is 10.0. The van der Waals surface area contributed by atoms with Gasteiger partial charge in [-0.2, -0.15) is 0 Å². The highest BCUT2D eigenvalue weighted by Crippen LogP contribution is 2.29. The maximum atomic E-state index is 11.8. The average Bonchev–Trinajstić information content (AvgIpc) is 2.86. The molecule has 0 aromatic carbocycles. The summed E-state index contributed by atoms with van der Waals surface area (Å²) in [5, 5.41) is 0. The van der Waals surface area contributed by atoms with Crippen LogP contribution in [0, 0.1) is 5.92 Å². The van der Waals surface area contributed by atoms with Crippen molar-refractivity contribution in [3.63, 3.8) is 0 Å². The number of amides is 2. The molecule has 16 heavy (non-hydrogen) atoms. The Labute approximate surface area is 95.9 Å². The van der Waals surface area contributed by atoms with Crippen molar-refractivity contribution in [1.82, 2.24) is 4.90 Å². The number of nitrogens with zero attached hydrogens (tertiary/aromatic N) is 1. The van der Waals surface area contributed by atoms with Gasteiger partial charge in [0.2, 0.25) is 5.91 Å². The highest BCUT2D eigenvalue weighted by molar-refractivity contribution is 5.93. The molecule has 2 aliphatic rings. The summed E-state index contributed by atoms with van der Waals surface area (Å²) in [4.78, 5) is 24.4. The highest BCUT2D eigenvalue weighted by atomic mass is 16.6. The van der Waals surface area contributed by atoms with E-state index in [4.69, 9.17) is 4.74 Å². The topological polar surface area (TPSA) is 46.6 Å². The molecule has 1 aliphatic carbocycles. The molecule has 4 nitrogen and oxygen atoms in total. The van der Waals surface area contributed by atoms with E-state index in [1.165, 1.54) is 30.6 Å². The fourth-order valence-electron chi connectivity index (χ4n) is 2.61. The minimum absolute atomic E-state index is 0.0677. The Morgan fingerprint density at radius 1 is 1.44 bits per heavy atom. The Kier molecular flexibility index (Phi) is 3.46. The minimum Gasteiger partial charge on any atom is -0.447 e. The number of rotatable bonds is 3. The minimum atomic E-state index is -0.469. The molecule has 90 valence electrons. The molecule has 1 heterocycles. The predicted molar refractivity (Wildman–Crippen MR) is 58.8 cm³/mol. The number of carbonyl (C=O) groups is 2. The monoisotopic (exact) mass is 225 g/mol. The number of cyclic esters (lactones) is 1. The third-order valence-corrected chi connectivity index (χ3v) is 3.60. The van der Waals surface area contributed by atoms with Gasteiger partial charge in [0, 0.05) is 6.42 Å². The zero-order valence-electron chi connectivity index (χ0n) is 9.78. The first-order valence-corrected chi connectivity index (χ1v) is 6.17. The summed E-state index contributed by atoms with van der Waals surface area (Å²) < 4.78 is 4.84. The van der Waals surface area contributed by atoms with Crippen LogP contribution in [-0.2, 0) is 9.53 Å². The number of imide groups is 1. The van der Waals surface area contributed by atoms with Crippen molar-refractivity contribution < 1.29 is 14.3 Å². The van der Waals surface area contributed by atoms with Gasteiger partial charge in [0.25, 0.3) is 0 Å². The molecule has 2 rings (SSSR count). The van der Waals surface area contributed by atoms with E-state index in [9.17, 15) is 9.59 Å². The summed E-state index contributed by atoms with van der Waals surface area (Å²) in [7, 11) is 0. The summed E-state index contributed by atoms with van der Waals surface area (Å²) >= 11 is 0. The second-order valence-corrected chi connectivity index (χ2v) is 4.88. The van der Waals surface area contributed by atoms with E-state index < -0.39 is 6.09 Å². The average molecular weight is 225 g/mol. The van der Waals surface area contributed by atoms with Gasteiger partial charge in [0.1, 0.15) is 6.61 Å². The summed E-state index contributed by atoms with van der Waals surface area (Å²) in [6, 6.07) is -0.0939. The molecule has 0 spiro atoms. The van der Waals surface area contributed by atoms with Crippen molar-refractivity contribution in [2.24, 2.45) is 5.92 Å². The lowest BCUT2D eigenvalue weighted by Gasteiger charge is -2.16. The number of hydrogen-bond donors (Lipinski definition) is 0. The number of ether oxygens (including phenoxy) is 1. The van der Waals surface area contributed by atoms with Crippen LogP contribution in [0.1, 0.15) is 45.4 Å². The van der Waals surface area contributed by atoms with Crippen LogP contribution in [0.15, 0.2) is 0 Å². The van der Waals surface area contributed by atoms with Crippen molar-refractivity contribution in [2.75, 3.05) is 6.61 Å². The Balaban J connectivity index is 1.80. The largest absolute Gasteiger partial charge is 0.447 e. The lowest BCUT2D eigenvalue weighted by Crippen LogP contribution is -2.37. The summed E-state index contributed by atoms with van der Waals surface area (Å²) in [5.41, 5.74) is 0. The van der Waals surface area contributed by atoms with Crippen LogP contribution < -0.4 is 0 Å². The van der Waals surface area contributed by atoms with Crippen molar-refractivity contribution in [2.45, 2.75) is 51.5 Å². The molecule has 0 N–H and O–H groups in total. The van der Waals surface area contributed by atoms with Crippen LogP contribution in [0.3, 0.4) is 0 Å². The van der Waals surface area contributed by atoms with E-state index in [1.54, 1.807) is 0 Å². The predicted octanol–water partition coefficient (Wildman–Crippen LogP) is 2.32. The van der Waals surface area contributed by atoms with Gasteiger partial charge in [0.05, 0.1) is 6.04 Å². The molecule has 0 aromatic heterocycles. The Hall–Kier alpha value is -1.06. The smallest absolute Gasteiger partial charge is 0.416 e. The standard InChI is InChI=1S/C12H19NO3/c1-9-8-16-12(15)13(9)11(14)7-6-10-4-2-3-5-10/h9-10H,2-8H2,1H3/t9-/m1/s1. The van der Waals surface area contributed by atoms with Gasteiger partial charge < -0.3 is 4.74 Å². The highest BCUT2D eigenvalue weighted by Gasteiger charge is 2.34. The molecule has 0 radical (unpaired) electrons. The quantitative estimate of drug-likeness (QED) is 0.740. The fraction of sp³-hybridized carbons (Fsp3) is 0.833. The van der Waals surface area contributed by atoms with Gasteiger partial charge in [-0.1, -0.05) is 25.7 Å². The van der Waals surface area contributed by atoms with E-state index in [0.29, 0.717) is 18.9 Å². The van der Waals surface area contributed by atoms with Crippen LogP contribution in [0.2, 0.25) is 0 Å². The molecule has 1 aliphatic heterocycles. The third kappa shape index (κ3) is 2.36. The summed E-state index contributed by atoms with van der Waals surface area (Å²) in [6.45, 7) is 2.19. The molecule has 2 amide bonds.